The highest BCUT2D eigenvalue weighted by Gasteiger charge is 2.26. The molecule has 16 heavy (non-hydrogen) atoms. The Hall–Kier alpha value is -0.940. The van der Waals surface area contributed by atoms with Crippen LogP contribution in [0.25, 0.3) is 0 Å². The van der Waals surface area contributed by atoms with E-state index in [2.05, 4.69) is 0 Å². The molecule has 0 spiro atoms. The van der Waals surface area contributed by atoms with Gasteiger partial charge in [0.15, 0.2) is 0 Å². The molecule has 1 aliphatic rings. The molecule has 0 atom stereocenters. The molecule has 0 radical (unpaired) electrons. The van der Waals surface area contributed by atoms with Crippen LogP contribution in [-0.2, 0) is 10.0 Å². The van der Waals surface area contributed by atoms with Crippen molar-refractivity contribution < 1.29 is 8.42 Å². The molecule has 88 valence electrons. The van der Waals surface area contributed by atoms with Crippen LogP contribution in [0.3, 0.4) is 0 Å². The molecule has 0 aliphatic carbocycles. The highest BCUT2D eigenvalue weighted by molar-refractivity contribution is 7.92. The van der Waals surface area contributed by atoms with E-state index in [1.165, 1.54) is 4.31 Å². The summed E-state index contributed by atoms with van der Waals surface area (Å²) in [5.41, 5.74) is 6.66. The summed E-state index contributed by atoms with van der Waals surface area (Å²) in [5.74, 6) is 0.204. The lowest BCUT2D eigenvalue weighted by atomic mass is 10.2. The molecule has 0 aromatic heterocycles. The predicted octanol–water partition coefficient (Wildman–Crippen LogP) is 1.85. The number of hydrogen-bond donors (Lipinski definition) is 1. The zero-order valence-electron chi connectivity index (χ0n) is 8.69. The molecule has 1 aliphatic heterocycles. The lowest BCUT2D eigenvalue weighted by Gasteiger charge is -2.28. The fraction of sp³-hybridized carbons (Fsp3) is 0.400. The van der Waals surface area contributed by atoms with Gasteiger partial charge in [0.25, 0.3) is 0 Å². The van der Waals surface area contributed by atoms with Crippen molar-refractivity contribution in [2.45, 2.75) is 12.8 Å². The Bertz CT molecular complexity index is 502. The van der Waals surface area contributed by atoms with E-state index in [-0.39, 0.29) is 5.75 Å². The van der Waals surface area contributed by atoms with Crippen LogP contribution in [0.15, 0.2) is 18.2 Å². The minimum absolute atomic E-state index is 0.204. The number of hydrogen-bond acceptors (Lipinski definition) is 3. The Morgan fingerprint density at radius 2 is 2.06 bits per heavy atom. The number of rotatable bonds is 1. The van der Waals surface area contributed by atoms with Crippen molar-refractivity contribution in [3.8, 4) is 0 Å². The minimum atomic E-state index is -3.17. The van der Waals surface area contributed by atoms with Gasteiger partial charge in [-0.05, 0) is 31.0 Å². The SMILES string of the molecule is Nc1cc(N2CCCCS2(=O)=O)ccc1Cl. The first-order valence-electron chi connectivity index (χ1n) is 5.06. The molecular formula is C10H13ClN2O2S. The maximum atomic E-state index is 11.8. The maximum absolute atomic E-state index is 11.8. The van der Waals surface area contributed by atoms with Gasteiger partial charge in [-0.1, -0.05) is 11.6 Å². The minimum Gasteiger partial charge on any atom is -0.397 e. The van der Waals surface area contributed by atoms with Gasteiger partial charge in [0.05, 0.1) is 22.2 Å². The molecule has 1 fully saturated rings. The molecule has 0 unspecified atom stereocenters. The van der Waals surface area contributed by atoms with Crippen LogP contribution in [0.1, 0.15) is 12.8 Å². The summed E-state index contributed by atoms with van der Waals surface area (Å²) < 4.78 is 25.1. The van der Waals surface area contributed by atoms with Crippen molar-refractivity contribution in [2.24, 2.45) is 0 Å². The Kier molecular flexibility index (Phi) is 2.99. The number of benzene rings is 1. The number of halogens is 1. The number of sulfonamides is 1. The van der Waals surface area contributed by atoms with Crippen molar-refractivity contribution in [3.05, 3.63) is 23.2 Å². The zero-order valence-corrected chi connectivity index (χ0v) is 10.3. The number of nitrogens with two attached hydrogens (primary N) is 1. The van der Waals surface area contributed by atoms with Gasteiger partial charge in [0, 0.05) is 6.54 Å². The third-order valence-electron chi connectivity index (χ3n) is 2.62. The van der Waals surface area contributed by atoms with Crippen molar-refractivity contribution >= 4 is 33.0 Å². The number of anilines is 2. The van der Waals surface area contributed by atoms with Crippen molar-refractivity contribution in [2.75, 3.05) is 22.3 Å². The summed E-state index contributed by atoms with van der Waals surface area (Å²) in [7, 11) is -3.17. The van der Waals surface area contributed by atoms with Crippen LogP contribution < -0.4 is 10.0 Å². The molecular weight excluding hydrogens is 248 g/mol. The molecule has 4 nitrogen and oxygen atoms in total. The highest BCUT2D eigenvalue weighted by Crippen LogP contribution is 2.28. The van der Waals surface area contributed by atoms with E-state index in [9.17, 15) is 8.42 Å². The second-order valence-corrected chi connectivity index (χ2v) is 6.22. The van der Waals surface area contributed by atoms with E-state index < -0.39 is 10.0 Å². The Morgan fingerprint density at radius 3 is 2.69 bits per heavy atom. The standard InChI is InChI=1S/C10H13ClN2O2S/c11-9-4-3-8(7-10(9)12)13-5-1-2-6-16(13,14)15/h3-4,7H,1-2,5-6,12H2. The van der Waals surface area contributed by atoms with Crippen LogP contribution in [0.4, 0.5) is 11.4 Å². The molecule has 1 saturated heterocycles. The predicted molar refractivity (Wildman–Crippen MR) is 66.2 cm³/mol. The van der Waals surface area contributed by atoms with Crippen molar-refractivity contribution in [1.82, 2.24) is 0 Å². The Morgan fingerprint density at radius 1 is 1.31 bits per heavy atom. The molecule has 0 bridgehead atoms. The second-order valence-electron chi connectivity index (χ2n) is 3.80. The number of nitrogens with zero attached hydrogens (tertiary/aromatic N) is 1. The lowest BCUT2D eigenvalue weighted by molar-refractivity contribution is 0.574. The van der Waals surface area contributed by atoms with E-state index in [0.717, 1.165) is 12.8 Å². The van der Waals surface area contributed by atoms with Crippen molar-refractivity contribution in [1.29, 1.82) is 0 Å². The van der Waals surface area contributed by atoms with Gasteiger partial charge in [0.2, 0.25) is 10.0 Å². The maximum Gasteiger partial charge on any atom is 0.235 e. The zero-order chi connectivity index (χ0) is 11.8. The molecule has 2 rings (SSSR count). The second kappa shape index (κ2) is 4.14. The topological polar surface area (TPSA) is 63.4 Å². The summed E-state index contributed by atoms with van der Waals surface area (Å²) in [6, 6.07) is 4.91. The van der Waals surface area contributed by atoms with E-state index in [1.807, 2.05) is 0 Å². The third kappa shape index (κ3) is 2.10. The quantitative estimate of drug-likeness (QED) is 0.784. The van der Waals surface area contributed by atoms with E-state index in [4.69, 9.17) is 17.3 Å². The summed E-state index contributed by atoms with van der Waals surface area (Å²) in [6.07, 6.45) is 1.60. The van der Waals surface area contributed by atoms with Crippen LogP contribution in [0.2, 0.25) is 5.02 Å². The van der Waals surface area contributed by atoms with Crippen LogP contribution in [-0.4, -0.2) is 20.7 Å². The van der Waals surface area contributed by atoms with E-state index in [1.54, 1.807) is 18.2 Å². The normalized spacial score (nSPS) is 19.7. The number of nitrogen functional groups attached to an aromatic ring is 1. The third-order valence-corrected chi connectivity index (χ3v) is 4.83. The van der Waals surface area contributed by atoms with Crippen LogP contribution >= 0.6 is 11.6 Å². The average Bonchev–Trinajstić information content (AvgIpc) is 2.22. The fourth-order valence-corrected chi connectivity index (χ4v) is 3.51. The fourth-order valence-electron chi connectivity index (χ4n) is 1.77. The summed E-state index contributed by atoms with van der Waals surface area (Å²) in [5, 5.41) is 0.443. The van der Waals surface area contributed by atoms with Crippen LogP contribution in [0.5, 0.6) is 0 Å². The Balaban J connectivity index is 2.39. The largest absolute Gasteiger partial charge is 0.397 e. The van der Waals surface area contributed by atoms with Crippen LogP contribution in [0, 0.1) is 0 Å². The molecule has 6 heteroatoms. The highest BCUT2D eigenvalue weighted by atomic mass is 35.5. The first-order valence-corrected chi connectivity index (χ1v) is 7.05. The summed E-state index contributed by atoms with van der Waals surface area (Å²) >= 11 is 5.80. The average molecular weight is 261 g/mol. The van der Waals surface area contributed by atoms with Gasteiger partial charge in [-0.15, -0.1) is 0 Å². The Labute approximate surface area is 100 Å². The van der Waals surface area contributed by atoms with Gasteiger partial charge >= 0.3 is 0 Å². The monoisotopic (exact) mass is 260 g/mol. The van der Waals surface area contributed by atoms with Gasteiger partial charge in [-0.2, -0.15) is 0 Å². The van der Waals surface area contributed by atoms with E-state index >= 15 is 0 Å². The molecule has 1 aromatic carbocycles. The summed E-state index contributed by atoms with van der Waals surface area (Å²) in [4.78, 5) is 0. The summed E-state index contributed by atoms with van der Waals surface area (Å²) in [6.45, 7) is 0.517. The molecule has 2 N–H and O–H groups in total. The van der Waals surface area contributed by atoms with Gasteiger partial charge in [0.1, 0.15) is 0 Å². The van der Waals surface area contributed by atoms with Gasteiger partial charge in [-0.3, -0.25) is 4.31 Å². The first kappa shape index (κ1) is 11.5. The van der Waals surface area contributed by atoms with Gasteiger partial charge < -0.3 is 5.73 Å². The molecule has 0 amide bonds. The molecule has 0 saturated carbocycles. The first-order chi connectivity index (χ1) is 7.50. The van der Waals surface area contributed by atoms with Crippen molar-refractivity contribution in [3.63, 3.8) is 0 Å². The van der Waals surface area contributed by atoms with Gasteiger partial charge in [-0.25, -0.2) is 8.42 Å². The molecule has 1 aromatic rings. The molecule has 1 heterocycles. The van der Waals surface area contributed by atoms with E-state index in [0.29, 0.717) is 22.9 Å². The lowest BCUT2D eigenvalue weighted by Crippen LogP contribution is -2.37. The smallest absolute Gasteiger partial charge is 0.235 e.